The second-order valence-electron chi connectivity index (χ2n) is 10.1. The standard InChI is InChI=1S/C29H41N3O8/c1-2-3-4-5-6-7-8-9-10-11-18-39-28(37)21-14-12-20(13-15-21)26(36)30-23-16-17-32(29(38)31-23)27-25(35)24(34)22(19-33)40-27/h12-17,22,24-25,27,33-35H,2-11,18-19H2,1H3,(H,30,31,36,38)/t22-,24-,25+,27-/m1/s1. The quantitative estimate of drug-likeness (QED) is 0.179. The fourth-order valence-electron chi connectivity index (χ4n) is 4.57. The normalized spacial score (nSPS) is 20.4. The molecule has 0 saturated carbocycles. The number of rotatable bonds is 16. The van der Waals surface area contributed by atoms with Gasteiger partial charge in [0.2, 0.25) is 0 Å². The molecule has 11 nitrogen and oxygen atoms in total. The Labute approximate surface area is 234 Å². The van der Waals surface area contributed by atoms with Gasteiger partial charge in [0, 0.05) is 11.8 Å². The van der Waals surface area contributed by atoms with Crippen LogP contribution in [-0.2, 0) is 9.47 Å². The first kappa shape index (κ1) is 31.4. The van der Waals surface area contributed by atoms with Gasteiger partial charge in [-0.1, -0.05) is 64.7 Å². The Balaban J connectivity index is 1.40. The Morgan fingerprint density at radius 2 is 1.52 bits per heavy atom. The summed E-state index contributed by atoms with van der Waals surface area (Å²) < 4.78 is 11.6. The van der Waals surface area contributed by atoms with E-state index in [1.807, 2.05) is 0 Å². The molecule has 1 aromatic carbocycles. The third kappa shape index (κ3) is 8.95. The van der Waals surface area contributed by atoms with E-state index >= 15 is 0 Å². The molecule has 0 aliphatic carbocycles. The second-order valence-corrected chi connectivity index (χ2v) is 10.1. The van der Waals surface area contributed by atoms with Crippen molar-refractivity contribution >= 4 is 17.7 Å². The maximum atomic E-state index is 12.6. The van der Waals surface area contributed by atoms with Crippen LogP contribution in [-0.4, -0.2) is 68.3 Å². The van der Waals surface area contributed by atoms with Crippen LogP contribution in [0.1, 0.15) is 98.1 Å². The number of aliphatic hydroxyl groups excluding tert-OH is 3. The highest BCUT2D eigenvalue weighted by atomic mass is 16.6. The number of anilines is 1. The maximum absolute atomic E-state index is 12.6. The van der Waals surface area contributed by atoms with E-state index in [-0.39, 0.29) is 11.4 Å². The van der Waals surface area contributed by atoms with Crippen LogP contribution < -0.4 is 11.0 Å². The topological polar surface area (TPSA) is 160 Å². The van der Waals surface area contributed by atoms with Crippen LogP contribution in [0.15, 0.2) is 41.3 Å². The molecule has 1 aromatic heterocycles. The molecular formula is C29H41N3O8. The van der Waals surface area contributed by atoms with E-state index in [1.165, 1.54) is 81.5 Å². The number of benzene rings is 1. The Kier molecular flexibility index (Phi) is 12.7. The van der Waals surface area contributed by atoms with E-state index in [2.05, 4.69) is 17.2 Å². The van der Waals surface area contributed by atoms with E-state index in [0.717, 1.165) is 23.8 Å². The van der Waals surface area contributed by atoms with Crippen LogP contribution >= 0.6 is 0 Å². The summed E-state index contributed by atoms with van der Waals surface area (Å²) >= 11 is 0. The van der Waals surface area contributed by atoms with Gasteiger partial charge in [-0.3, -0.25) is 9.36 Å². The number of esters is 1. The van der Waals surface area contributed by atoms with Gasteiger partial charge in [-0.25, -0.2) is 9.59 Å². The SMILES string of the molecule is CCCCCCCCCCCCOC(=O)c1ccc(C(=O)Nc2ccn([C@@H]3O[C@H](CO)[C@@H](O)[C@@H]3O)c(=O)n2)cc1. The minimum absolute atomic E-state index is 0.0297. The van der Waals surface area contributed by atoms with Crippen molar-refractivity contribution in [3.8, 4) is 0 Å². The molecule has 4 atom stereocenters. The number of hydrogen-bond acceptors (Lipinski definition) is 9. The molecule has 4 N–H and O–H groups in total. The molecular weight excluding hydrogens is 518 g/mol. The molecule has 0 unspecified atom stereocenters. The summed E-state index contributed by atoms with van der Waals surface area (Å²) in [6.07, 6.45) is 8.20. The molecule has 220 valence electrons. The zero-order valence-electron chi connectivity index (χ0n) is 23.0. The zero-order valence-corrected chi connectivity index (χ0v) is 23.0. The van der Waals surface area contributed by atoms with Crippen LogP contribution in [0.2, 0.25) is 0 Å². The molecule has 3 rings (SSSR count). The van der Waals surface area contributed by atoms with Crippen LogP contribution in [0.25, 0.3) is 0 Å². The fraction of sp³-hybridized carbons (Fsp3) is 0.586. The van der Waals surface area contributed by atoms with Crippen molar-refractivity contribution in [2.75, 3.05) is 18.5 Å². The molecule has 40 heavy (non-hydrogen) atoms. The van der Waals surface area contributed by atoms with Gasteiger partial charge in [0.15, 0.2) is 6.23 Å². The van der Waals surface area contributed by atoms with E-state index in [4.69, 9.17) is 9.47 Å². The lowest BCUT2D eigenvalue weighted by Crippen LogP contribution is -2.36. The predicted octanol–water partition coefficient (Wildman–Crippen LogP) is 3.18. The minimum atomic E-state index is -1.43. The number of aliphatic hydroxyl groups is 3. The van der Waals surface area contributed by atoms with Gasteiger partial charge in [-0.05, 0) is 36.8 Å². The zero-order chi connectivity index (χ0) is 28.9. The number of nitrogens with one attached hydrogen (secondary N) is 1. The number of carbonyl (C=O) groups excluding carboxylic acids is 2. The maximum Gasteiger partial charge on any atom is 0.351 e. The largest absolute Gasteiger partial charge is 0.462 e. The van der Waals surface area contributed by atoms with E-state index in [9.17, 15) is 29.7 Å². The third-order valence-corrected chi connectivity index (χ3v) is 6.98. The van der Waals surface area contributed by atoms with Crippen LogP contribution in [0.4, 0.5) is 5.82 Å². The molecule has 0 radical (unpaired) electrons. The molecule has 1 fully saturated rings. The van der Waals surface area contributed by atoms with Crippen molar-refractivity contribution < 1.29 is 34.4 Å². The van der Waals surface area contributed by atoms with Gasteiger partial charge in [-0.15, -0.1) is 0 Å². The summed E-state index contributed by atoms with van der Waals surface area (Å²) in [6, 6.07) is 7.30. The van der Waals surface area contributed by atoms with E-state index < -0.39 is 48.7 Å². The average molecular weight is 560 g/mol. The highest BCUT2D eigenvalue weighted by Crippen LogP contribution is 2.28. The first-order valence-electron chi connectivity index (χ1n) is 14.2. The number of aromatic nitrogens is 2. The van der Waals surface area contributed by atoms with Gasteiger partial charge in [0.25, 0.3) is 5.91 Å². The van der Waals surface area contributed by atoms with Crippen molar-refractivity contribution in [3.05, 3.63) is 58.1 Å². The highest BCUT2D eigenvalue weighted by Gasteiger charge is 2.43. The van der Waals surface area contributed by atoms with E-state index in [0.29, 0.717) is 12.2 Å². The lowest BCUT2D eigenvalue weighted by Gasteiger charge is -2.17. The van der Waals surface area contributed by atoms with Crippen molar-refractivity contribution in [1.82, 2.24) is 9.55 Å². The first-order chi connectivity index (χ1) is 19.3. The summed E-state index contributed by atoms with van der Waals surface area (Å²) in [4.78, 5) is 41.1. The molecule has 2 heterocycles. The Morgan fingerprint density at radius 1 is 0.925 bits per heavy atom. The van der Waals surface area contributed by atoms with Gasteiger partial charge in [-0.2, -0.15) is 4.98 Å². The highest BCUT2D eigenvalue weighted by molar-refractivity contribution is 6.04. The smallest absolute Gasteiger partial charge is 0.351 e. The van der Waals surface area contributed by atoms with Crippen LogP contribution in [0.5, 0.6) is 0 Å². The summed E-state index contributed by atoms with van der Waals surface area (Å²) in [5.74, 6) is -1.01. The van der Waals surface area contributed by atoms with Crippen molar-refractivity contribution in [2.45, 2.75) is 95.7 Å². The minimum Gasteiger partial charge on any atom is -0.462 e. The van der Waals surface area contributed by atoms with E-state index in [1.54, 1.807) is 0 Å². The van der Waals surface area contributed by atoms with Gasteiger partial charge in [0.05, 0.1) is 18.8 Å². The summed E-state index contributed by atoms with van der Waals surface area (Å²) in [7, 11) is 0. The van der Waals surface area contributed by atoms with Gasteiger partial charge < -0.3 is 30.1 Å². The number of unbranched alkanes of at least 4 members (excludes halogenated alkanes) is 9. The van der Waals surface area contributed by atoms with Crippen molar-refractivity contribution in [2.24, 2.45) is 0 Å². The molecule has 0 bridgehead atoms. The average Bonchev–Trinajstić information content (AvgIpc) is 3.24. The lowest BCUT2D eigenvalue weighted by atomic mass is 10.1. The molecule has 1 saturated heterocycles. The van der Waals surface area contributed by atoms with Gasteiger partial charge >= 0.3 is 11.7 Å². The number of hydrogen-bond donors (Lipinski definition) is 4. The van der Waals surface area contributed by atoms with Crippen LogP contribution in [0, 0.1) is 0 Å². The monoisotopic (exact) mass is 559 g/mol. The third-order valence-electron chi connectivity index (χ3n) is 6.98. The second kappa shape index (κ2) is 16.2. The molecule has 1 aliphatic rings. The Hall–Kier alpha value is -3.12. The van der Waals surface area contributed by atoms with Crippen LogP contribution in [0.3, 0.4) is 0 Å². The molecule has 2 aromatic rings. The summed E-state index contributed by atoms with van der Waals surface area (Å²) in [6.45, 7) is 2.05. The molecule has 1 aliphatic heterocycles. The Morgan fingerprint density at radius 3 is 2.10 bits per heavy atom. The molecule has 0 spiro atoms. The fourth-order valence-corrected chi connectivity index (χ4v) is 4.57. The number of carbonyl (C=O) groups is 2. The number of nitrogens with zero attached hydrogens (tertiary/aromatic N) is 2. The molecule has 11 heteroatoms. The first-order valence-corrected chi connectivity index (χ1v) is 14.2. The van der Waals surface area contributed by atoms with Crippen molar-refractivity contribution in [3.63, 3.8) is 0 Å². The number of ether oxygens (including phenoxy) is 2. The van der Waals surface area contributed by atoms with Gasteiger partial charge in [0.1, 0.15) is 24.1 Å². The summed E-state index contributed by atoms with van der Waals surface area (Å²) in [5.41, 5.74) is -0.239. The lowest BCUT2D eigenvalue weighted by molar-refractivity contribution is -0.0549. The predicted molar refractivity (Wildman–Crippen MR) is 148 cm³/mol. The number of amides is 1. The summed E-state index contributed by atoms with van der Waals surface area (Å²) in [5, 5.41) is 31.7. The van der Waals surface area contributed by atoms with Crippen molar-refractivity contribution in [1.29, 1.82) is 0 Å². The molecule has 1 amide bonds. The Bertz CT molecular complexity index is 1140.